The Hall–Kier alpha value is -2.23. The van der Waals surface area contributed by atoms with Gasteiger partial charge in [-0.05, 0) is 51.1 Å². The molecule has 0 aliphatic heterocycles. The Morgan fingerprint density at radius 3 is 2.42 bits per heavy atom. The van der Waals surface area contributed by atoms with Gasteiger partial charge in [-0.3, -0.25) is 4.79 Å². The molecule has 0 radical (unpaired) electrons. The highest BCUT2D eigenvalue weighted by molar-refractivity contribution is 6.05. The van der Waals surface area contributed by atoms with Crippen LogP contribution in [0.4, 0.5) is 5.69 Å². The molecule has 4 heteroatoms. The highest BCUT2D eigenvalue weighted by Crippen LogP contribution is 2.18. The molecule has 2 rings (SSSR count). The fraction of sp³-hybridized carbons (Fsp3) is 0.267. The lowest BCUT2D eigenvalue weighted by atomic mass is 10.2. The summed E-state index contributed by atoms with van der Waals surface area (Å²) < 4.78 is 5.55. The van der Waals surface area contributed by atoms with Crippen molar-refractivity contribution < 1.29 is 9.53 Å². The summed E-state index contributed by atoms with van der Waals surface area (Å²) in [5, 5.41) is 2.85. The number of aromatic nitrogens is 1. The highest BCUT2D eigenvalue weighted by atomic mass is 16.5. The zero-order chi connectivity index (χ0) is 13.8. The number of aromatic amines is 1. The van der Waals surface area contributed by atoms with Gasteiger partial charge in [0, 0.05) is 17.6 Å². The molecule has 0 spiro atoms. The molecular formula is C15H18N2O2. The lowest BCUT2D eigenvalue weighted by Gasteiger charge is -2.10. The number of amides is 1. The minimum absolute atomic E-state index is 0.115. The van der Waals surface area contributed by atoms with Gasteiger partial charge >= 0.3 is 0 Å². The van der Waals surface area contributed by atoms with Crippen molar-refractivity contribution in [2.24, 2.45) is 0 Å². The van der Waals surface area contributed by atoms with E-state index in [1.807, 2.05) is 45.0 Å². The Bertz CT molecular complexity index is 556. The van der Waals surface area contributed by atoms with E-state index in [0.717, 1.165) is 17.1 Å². The second-order valence-electron chi connectivity index (χ2n) is 4.66. The summed E-state index contributed by atoms with van der Waals surface area (Å²) in [6, 6.07) is 9.12. The maximum Gasteiger partial charge on any atom is 0.257 e. The van der Waals surface area contributed by atoms with E-state index in [0.29, 0.717) is 5.56 Å². The van der Waals surface area contributed by atoms with Gasteiger partial charge in [0.2, 0.25) is 0 Å². The number of nitrogens with one attached hydrogen (secondary N) is 2. The number of benzene rings is 1. The molecule has 4 nitrogen and oxygen atoms in total. The quantitative estimate of drug-likeness (QED) is 0.883. The summed E-state index contributed by atoms with van der Waals surface area (Å²) in [6.45, 7) is 5.82. The molecular weight excluding hydrogens is 240 g/mol. The molecule has 1 aromatic carbocycles. The zero-order valence-corrected chi connectivity index (χ0v) is 11.4. The smallest absolute Gasteiger partial charge is 0.257 e. The van der Waals surface area contributed by atoms with E-state index >= 15 is 0 Å². The monoisotopic (exact) mass is 258 g/mol. The van der Waals surface area contributed by atoms with Crippen LogP contribution in [0.2, 0.25) is 0 Å². The topological polar surface area (TPSA) is 54.1 Å². The van der Waals surface area contributed by atoms with Gasteiger partial charge in [0.15, 0.2) is 0 Å². The predicted octanol–water partition coefficient (Wildman–Crippen LogP) is 3.36. The second-order valence-corrected chi connectivity index (χ2v) is 4.66. The number of hydrogen-bond acceptors (Lipinski definition) is 2. The lowest BCUT2D eigenvalue weighted by Crippen LogP contribution is -2.12. The van der Waals surface area contributed by atoms with Crippen LogP contribution in [-0.4, -0.2) is 17.0 Å². The predicted molar refractivity (Wildman–Crippen MR) is 75.7 cm³/mol. The van der Waals surface area contributed by atoms with Crippen LogP contribution < -0.4 is 10.1 Å². The first-order valence-corrected chi connectivity index (χ1v) is 6.28. The molecule has 0 aliphatic rings. The first-order valence-electron chi connectivity index (χ1n) is 6.28. The highest BCUT2D eigenvalue weighted by Gasteiger charge is 2.09. The van der Waals surface area contributed by atoms with Crippen molar-refractivity contribution in [1.82, 2.24) is 4.98 Å². The maximum atomic E-state index is 12.0. The van der Waals surface area contributed by atoms with Gasteiger partial charge in [-0.25, -0.2) is 0 Å². The van der Waals surface area contributed by atoms with E-state index in [9.17, 15) is 4.79 Å². The molecule has 0 aliphatic carbocycles. The number of ether oxygens (including phenoxy) is 1. The molecule has 19 heavy (non-hydrogen) atoms. The van der Waals surface area contributed by atoms with Crippen molar-refractivity contribution in [2.75, 3.05) is 5.32 Å². The van der Waals surface area contributed by atoms with E-state index in [1.54, 1.807) is 12.3 Å². The third kappa shape index (κ3) is 3.37. The Morgan fingerprint density at radius 1 is 1.21 bits per heavy atom. The Balaban J connectivity index is 2.04. The van der Waals surface area contributed by atoms with Gasteiger partial charge in [0.25, 0.3) is 5.91 Å². The van der Waals surface area contributed by atoms with Crippen LogP contribution in [0.1, 0.15) is 29.9 Å². The number of rotatable bonds is 4. The van der Waals surface area contributed by atoms with Crippen LogP contribution in [0.15, 0.2) is 36.5 Å². The summed E-state index contributed by atoms with van der Waals surface area (Å²) in [4.78, 5) is 15.0. The minimum Gasteiger partial charge on any atom is -0.491 e. The minimum atomic E-state index is -0.115. The SMILES string of the molecule is Cc1[nH]ccc1C(=O)Nc1ccc(OC(C)C)cc1. The number of carbonyl (C=O) groups is 1. The van der Waals surface area contributed by atoms with E-state index in [-0.39, 0.29) is 12.0 Å². The molecule has 1 aromatic heterocycles. The standard InChI is InChI=1S/C15H18N2O2/c1-10(2)19-13-6-4-12(5-7-13)17-15(18)14-8-9-16-11(14)3/h4-10,16H,1-3H3,(H,17,18). The van der Waals surface area contributed by atoms with Gasteiger partial charge in [0.05, 0.1) is 11.7 Å². The van der Waals surface area contributed by atoms with Gasteiger partial charge in [-0.15, -0.1) is 0 Å². The van der Waals surface area contributed by atoms with Crippen LogP contribution in [0, 0.1) is 6.92 Å². The van der Waals surface area contributed by atoms with Crippen LogP contribution in [0.25, 0.3) is 0 Å². The Kier molecular flexibility index (Phi) is 3.90. The first kappa shape index (κ1) is 13.2. The number of hydrogen-bond donors (Lipinski definition) is 2. The van der Waals surface area contributed by atoms with E-state index in [4.69, 9.17) is 4.74 Å². The molecule has 0 bridgehead atoms. The molecule has 100 valence electrons. The van der Waals surface area contributed by atoms with Gasteiger partial charge in [-0.2, -0.15) is 0 Å². The third-order valence-corrected chi connectivity index (χ3v) is 2.68. The fourth-order valence-electron chi connectivity index (χ4n) is 1.79. The molecule has 2 N–H and O–H groups in total. The summed E-state index contributed by atoms with van der Waals surface area (Å²) in [6.07, 6.45) is 1.90. The average molecular weight is 258 g/mol. The van der Waals surface area contributed by atoms with Crippen LogP contribution in [0.5, 0.6) is 5.75 Å². The molecule has 1 amide bonds. The van der Waals surface area contributed by atoms with E-state index in [2.05, 4.69) is 10.3 Å². The average Bonchev–Trinajstić information content (AvgIpc) is 2.77. The lowest BCUT2D eigenvalue weighted by molar-refractivity contribution is 0.102. The van der Waals surface area contributed by atoms with Crippen LogP contribution in [-0.2, 0) is 0 Å². The Morgan fingerprint density at radius 2 is 1.89 bits per heavy atom. The maximum absolute atomic E-state index is 12.0. The number of aryl methyl sites for hydroxylation is 1. The zero-order valence-electron chi connectivity index (χ0n) is 11.4. The molecule has 1 heterocycles. The number of H-pyrrole nitrogens is 1. The summed E-state index contributed by atoms with van der Waals surface area (Å²) >= 11 is 0. The molecule has 0 saturated carbocycles. The normalized spacial score (nSPS) is 10.5. The molecule has 0 fully saturated rings. The van der Waals surface area contributed by atoms with E-state index in [1.165, 1.54) is 0 Å². The Labute approximate surface area is 112 Å². The van der Waals surface area contributed by atoms with Crippen molar-refractivity contribution in [3.63, 3.8) is 0 Å². The largest absolute Gasteiger partial charge is 0.491 e. The first-order chi connectivity index (χ1) is 9.06. The summed E-state index contributed by atoms with van der Waals surface area (Å²) in [7, 11) is 0. The van der Waals surface area contributed by atoms with E-state index < -0.39 is 0 Å². The van der Waals surface area contributed by atoms with Crippen molar-refractivity contribution >= 4 is 11.6 Å². The molecule has 0 saturated heterocycles. The van der Waals surface area contributed by atoms with Crippen LogP contribution >= 0.6 is 0 Å². The van der Waals surface area contributed by atoms with Crippen molar-refractivity contribution in [3.05, 3.63) is 47.8 Å². The van der Waals surface area contributed by atoms with Gasteiger partial charge in [-0.1, -0.05) is 0 Å². The van der Waals surface area contributed by atoms with Gasteiger partial charge < -0.3 is 15.0 Å². The molecule has 0 atom stereocenters. The van der Waals surface area contributed by atoms with Crippen molar-refractivity contribution in [2.45, 2.75) is 26.9 Å². The molecule has 0 unspecified atom stereocenters. The summed E-state index contributed by atoms with van der Waals surface area (Å²) in [5.41, 5.74) is 2.27. The second kappa shape index (κ2) is 5.61. The van der Waals surface area contributed by atoms with Crippen LogP contribution in [0.3, 0.4) is 0 Å². The van der Waals surface area contributed by atoms with Gasteiger partial charge in [0.1, 0.15) is 5.75 Å². The summed E-state index contributed by atoms with van der Waals surface area (Å²) in [5.74, 6) is 0.683. The number of carbonyl (C=O) groups excluding carboxylic acids is 1. The fourth-order valence-corrected chi connectivity index (χ4v) is 1.79. The van der Waals surface area contributed by atoms with Crippen molar-refractivity contribution in [1.29, 1.82) is 0 Å². The third-order valence-electron chi connectivity index (χ3n) is 2.68. The van der Waals surface area contributed by atoms with Crippen molar-refractivity contribution in [3.8, 4) is 5.75 Å². The molecule has 2 aromatic rings. The number of anilines is 1.